The molecule has 0 aromatic heterocycles. The second-order valence-corrected chi connectivity index (χ2v) is 4.32. The van der Waals surface area contributed by atoms with Crippen LogP contribution < -0.4 is 10.1 Å². The Morgan fingerprint density at radius 2 is 2.06 bits per heavy atom. The van der Waals surface area contributed by atoms with E-state index in [1.54, 1.807) is 0 Å². The monoisotopic (exact) mass is 246 g/mol. The third-order valence-corrected chi connectivity index (χ3v) is 2.75. The summed E-state index contributed by atoms with van der Waals surface area (Å²) in [6.45, 7) is 3.32. The van der Waals surface area contributed by atoms with Crippen molar-refractivity contribution in [2.45, 2.75) is 39.0 Å². The van der Waals surface area contributed by atoms with Crippen LogP contribution in [0.15, 0.2) is 24.3 Å². The van der Waals surface area contributed by atoms with Gasteiger partial charge >= 0.3 is 0 Å². The van der Waals surface area contributed by atoms with E-state index in [2.05, 4.69) is 12.2 Å². The minimum atomic E-state index is 0.0977. The number of nitrogens with one attached hydrogen (secondary N) is 1. The molecule has 0 aliphatic heterocycles. The Labute approximate surface area is 110 Å². The third kappa shape index (κ3) is 6.15. The molecule has 98 valence electrons. The average Bonchev–Trinajstić information content (AvgIpc) is 2.41. The van der Waals surface area contributed by atoms with E-state index >= 15 is 0 Å². The highest BCUT2D eigenvalue weighted by atomic mass is 16.5. The lowest BCUT2D eigenvalue weighted by molar-refractivity contribution is 0.368. The first-order valence-electron chi connectivity index (χ1n) is 6.70. The first kappa shape index (κ1) is 14.4. The summed E-state index contributed by atoms with van der Waals surface area (Å²) in [4.78, 5) is 0. The van der Waals surface area contributed by atoms with E-state index < -0.39 is 0 Å². The van der Waals surface area contributed by atoms with Crippen molar-refractivity contribution in [3.8, 4) is 11.8 Å². The third-order valence-electron chi connectivity index (χ3n) is 2.75. The quantitative estimate of drug-likeness (QED) is 0.670. The zero-order chi connectivity index (χ0) is 13.1. The largest absolute Gasteiger partial charge is 0.479 e. The molecule has 0 amide bonds. The summed E-state index contributed by atoms with van der Waals surface area (Å²) in [5.74, 6) is 0.743. The first-order valence-corrected chi connectivity index (χ1v) is 6.70. The van der Waals surface area contributed by atoms with Gasteiger partial charge in [0.1, 0.15) is 11.8 Å². The molecule has 0 unspecified atom stereocenters. The van der Waals surface area contributed by atoms with E-state index in [0.717, 1.165) is 18.0 Å². The topological polar surface area (TPSA) is 45.0 Å². The van der Waals surface area contributed by atoms with Crippen LogP contribution in [-0.2, 0) is 0 Å². The van der Waals surface area contributed by atoms with E-state index in [-0.39, 0.29) is 6.61 Å². The molecule has 0 aliphatic carbocycles. The molecule has 0 heterocycles. The minimum absolute atomic E-state index is 0.0977. The van der Waals surface area contributed by atoms with Crippen molar-refractivity contribution in [2.75, 3.05) is 18.5 Å². The summed E-state index contributed by atoms with van der Waals surface area (Å²) in [5.41, 5.74) is 1.06. The summed E-state index contributed by atoms with van der Waals surface area (Å²) in [5, 5.41) is 11.8. The molecule has 0 spiro atoms. The number of hydrogen-bond acceptors (Lipinski definition) is 3. The zero-order valence-corrected chi connectivity index (χ0v) is 11.1. The normalized spacial score (nSPS) is 9.78. The van der Waals surface area contributed by atoms with Gasteiger partial charge in [-0.25, -0.2) is 0 Å². The lowest BCUT2D eigenvalue weighted by Crippen LogP contribution is -2.02. The number of ether oxygens (including phenoxy) is 1. The highest BCUT2D eigenvalue weighted by Crippen LogP contribution is 2.17. The summed E-state index contributed by atoms with van der Waals surface area (Å²) in [7, 11) is 0. The molecule has 0 bridgehead atoms. The van der Waals surface area contributed by atoms with Gasteiger partial charge in [0.25, 0.3) is 0 Å². The molecule has 0 saturated carbocycles. The van der Waals surface area contributed by atoms with Crippen LogP contribution in [0.3, 0.4) is 0 Å². The molecule has 1 aromatic carbocycles. The van der Waals surface area contributed by atoms with E-state index in [1.165, 1.54) is 32.1 Å². The number of nitriles is 1. The Hall–Kier alpha value is -1.69. The van der Waals surface area contributed by atoms with Gasteiger partial charge in [-0.1, -0.05) is 38.7 Å². The molecule has 1 N–H and O–H groups in total. The van der Waals surface area contributed by atoms with Crippen molar-refractivity contribution >= 4 is 5.69 Å². The van der Waals surface area contributed by atoms with Gasteiger partial charge in [-0.2, -0.15) is 5.26 Å². The predicted octanol–water partition coefficient (Wildman–Crippen LogP) is 3.97. The fourth-order valence-electron chi connectivity index (χ4n) is 1.77. The lowest BCUT2D eigenvalue weighted by Gasteiger charge is -2.08. The molecular weight excluding hydrogens is 224 g/mol. The van der Waals surface area contributed by atoms with Crippen LogP contribution in [-0.4, -0.2) is 13.2 Å². The van der Waals surface area contributed by atoms with Crippen LogP contribution >= 0.6 is 0 Å². The van der Waals surface area contributed by atoms with Crippen molar-refractivity contribution in [3.63, 3.8) is 0 Å². The second-order valence-electron chi connectivity index (χ2n) is 4.32. The molecule has 1 aromatic rings. The molecule has 3 heteroatoms. The highest BCUT2D eigenvalue weighted by molar-refractivity contribution is 5.48. The Kier molecular flexibility index (Phi) is 7.47. The van der Waals surface area contributed by atoms with Gasteiger partial charge in [-0.05, 0) is 18.6 Å². The van der Waals surface area contributed by atoms with Crippen LogP contribution in [0.1, 0.15) is 39.0 Å². The van der Waals surface area contributed by atoms with Crippen LogP contribution in [0.4, 0.5) is 5.69 Å². The average molecular weight is 246 g/mol. The van der Waals surface area contributed by atoms with Crippen molar-refractivity contribution in [1.82, 2.24) is 0 Å². The van der Waals surface area contributed by atoms with E-state index in [4.69, 9.17) is 10.00 Å². The lowest BCUT2D eigenvalue weighted by atomic mass is 10.1. The molecule has 0 atom stereocenters. The first-order chi connectivity index (χ1) is 8.86. The van der Waals surface area contributed by atoms with Gasteiger partial charge in [-0.15, -0.1) is 0 Å². The van der Waals surface area contributed by atoms with Crippen LogP contribution in [0.25, 0.3) is 0 Å². The van der Waals surface area contributed by atoms with Crippen molar-refractivity contribution in [3.05, 3.63) is 24.3 Å². The number of anilines is 1. The molecular formula is C15H22N2O. The summed E-state index contributed by atoms with van der Waals surface area (Å²) in [6.07, 6.45) is 6.42. The molecule has 18 heavy (non-hydrogen) atoms. The van der Waals surface area contributed by atoms with E-state index in [9.17, 15) is 0 Å². The zero-order valence-electron chi connectivity index (χ0n) is 11.1. The van der Waals surface area contributed by atoms with Crippen LogP contribution in [0.5, 0.6) is 5.75 Å². The SMILES string of the molecule is CCCCCCCNc1cccc(OCC#N)c1. The molecule has 0 saturated heterocycles. The Bertz CT molecular complexity index is 371. The highest BCUT2D eigenvalue weighted by Gasteiger charge is 1.96. The molecule has 1 rings (SSSR count). The standard InChI is InChI=1S/C15H22N2O/c1-2-3-4-5-6-11-17-14-8-7-9-15(13-14)18-12-10-16/h7-9,13,17H,2-6,11-12H2,1H3. The molecule has 3 nitrogen and oxygen atoms in total. The maximum Gasteiger partial charge on any atom is 0.174 e. The summed E-state index contributed by atoms with van der Waals surface area (Å²) >= 11 is 0. The fraction of sp³-hybridized carbons (Fsp3) is 0.533. The minimum Gasteiger partial charge on any atom is -0.479 e. The predicted molar refractivity (Wildman–Crippen MR) is 74.8 cm³/mol. The van der Waals surface area contributed by atoms with Crippen molar-refractivity contribution in [2.24, 2.45) is 0 Å². The molecule has 0 radical (unpaired) electrons. The van der Waals surface area contributed by atoms with E-state index in [1.807, 2.05) is 30.3 Å². The van der Waals surface area contributed by atoms with Gasteiger partial charge in [0.2, 0.25) is 0 Å². The number of rotatable bonds is 9. The number of hydrogen-bond donors (Lipinski definition) is 1. The van der Waals surface area contributed by atoms with Gasteiger partial charge in [0.05, 0.1) is 0 Å². The second kappa shape index (κ2) is 9.35. The van der Waals surface area contributed by atoms with Crippen LogP contribution in [0, 0.1) is 11.3 Å². The number of unbranched alkanes of at least 4 members (excludes halogenated alkanes) is 4. The van der Waals surface area contributed by atoms with Gasteiger partial charge < -0.3 is 10.1 Å². The van der Waals surface area contributed by atoms with Gasteiger partial charge in [0.15, 0.2) is 6.61 Å². The fourth-order valence-corrected chi connectivity index (χ4v) is 1.77. The summed E-state index contributed by atoms with van der Waals surface area (Å²) < 4.78 is 5.25. The smallest absolute Gasteiger partial charge is 0.174 e. The van der Waals surface area contributed by atoms with Gasteiger partial charge in [-0.3, -0.25) is 0 Å². The Balaban J connectivity index is 2.23. The maximum absolute atomic E-state index is 8.45. The maximum atomic E-state index is 8.45. The van der Waals surface area contributed by atoms with Crippen molar-refractivity contribution < 1.29 is 4.74 Å². The molecule has 0 aliphatic rings. The number of benzene rings is 1. The Morgan fingerprint density at radius 1 is 1.22 bits per heavy atom. The molecule has 0 fully saturated rings. The summed E-state index contributed by atoms with van der Waals surface area (Å²) in [6, 6.07) is 9.72. The van der Waals surface area contributed by atoms with Crippen LogP contribution in [0.2, 0.25) is 0 Å². The van der Waals surface area contributed by atoms with Crippen molar-refractivity contribution in [1.29, 1.82) is 5.26 Å². The van der Waals surface area contributed by atoms with Gasteiger partial charge in [0, 0.05) is 18.3 Å². The Morgan fingerprint density at radius 3 is 2.83 bits per heavy atom. The van der Waals surface area contributed by atoms with E-state index in [0.29, 0.717) is 0 Å². The number of nitrogens with zero attached hydrogens (tertiary/aromatic N) is 1.